The Morgan fingerprint density at radius 2 is 1.97 bits per heavy atom. The van der Waals surface area contributed by atoms with Gasteiger partial charge in [-0.3, -0.25) is 14.8 Å². The van der Waals surface area contributed by atoms with Crippen molar-refractivity contribution in [2.45, 2.75) is 25.4 Å². The quantitative estimate of drug-likeness (QED) is 0.362. The molecular weight excluding hydrogens is 485 g/mol. The minimum Gasteiger partial charge on any atom is -0.496 e. The number of carbonyl (C=O) groups excluding carboxylic acids is 1. The van der Waals surface area contributed by atoms with E-state index in [0.29, 0.717) is 58.9 Å². The molecule has 2 aliphatic heterocycles. The van der Waals surface area contributed by atoms with Crippen LogP contribution in [0.4, 0.5) is 10.1 Å². The van der Waals surface area contributed by atoms with E-state index in [1.807, 2.05) is 29.2 Å². The van der Waals surface area contributed by atoms with Gasteiger partial charge in [0.05, 0.1) is 23.9 Å². The molecule has 1 atom stereocenters. The topological polar surface area (TPSA) is 95.5 Å². The summed E-state index contributed by atoms with van der Waals surface area (Å²) in [5.41, 5.74) is 4.94. The summed E-state index contributed by atoms with van der Waals surface area (Å²) in [4.78, 5) is 25.4. The number of carbonyl (C=O) groups is 1. The lowest BCUT2D eigenvalue weighted by Crippen LogP contribution is -2.28. The van der Waals surface area contributed by atoms with Crippen molar-refractivity contribution in [1.29, 1.82) is 5.26 Å². The summed E-state index contributed by atoms with van der Waals surface area (Å²) in [7, 11) is 1.55. The summed E-state index contributed by atoms with van der Waals surface area (Å²) in [5, 5.41) is 9.82. The third-order valence-electron chi connectivity index (χ3n) is 7.28. The highest BCUT2D eigenvalue weighted by Gasteiger charge is 2.25. The number of rotatable bonds is 5. The number of hydrogen-bond acceptors (Lipinski definition) is 7. The SMILES string of the molecule is COc1cc(C(=O)N2CCCC2)ncc1-c1cc2nccc(-c3ccc(N4CCC(F)C4)c(C#N)c3)c2o1. The minimum absolute atomic E-state index is 0.103. The van der Waals surface area contributed by atoms with Crippen LogP contribution in [0.15, 0.2) is 53.2 Å². The van der Waals surface area contributed by atoms with Crippen LogP contribution in [0.2, 0.25) is 0 Å². The van der Waals surface area contributed by atoms with Crippen LogP contribution in [-0.4, -0.2) is 60.2 Å². The van der Waals surface area contributed by atoms with Crippen molar-refractivity contribution in [3.63, 3.8) is 0 Å². The van der Waals surface area contributed by atoms with Crippen LogP contribution in [0.5, 0.6) is 5.75 Å². The van der Waals surface area contributed by atoms with E-state index >= 15 is 0 Å². The number of benzene rings is 1. The normalized spacial score (nSPS) is 17.2. The van der Waals surface area contributed by atoms with Crippen molar-refractivity contribution in [1.82, 2.24) is 14.9 Å². The van der Waals surface area contributed by atoms with Crippen LogP contribution < -0.4 is 9.64 Å². The third kappa shape index (κ3) is 4.22. The Morgan fingerprint density at radius 3 is 2.71 bits per heavy atom. The summed E-state index contributed by atoms with van der Waals surface area (Å²) < 4.78 is 25.7. The van der Waals surface area contributed by atoms with Gasteiger partial charge in [-0.25, -0.2) is 4.39 Å². The molecule has 0 bridgehead atoms. The van der Waals surface area contributed by atoms with Gasteiger partial charge in [-0.15, -0.1) is 0 Å². The number of ether oxygens (including phenoxy) is 1. The molecule has 8 nitrogen and oxygen atoms in total. The number of halogens is 1. The second-order valence-electron chi connectivity index (χ2n) is 9.63. The largest absolute Gasteiger partial charge is 0.496 e. The van der Waals surface area contributed by atoms with Gasteiger partial charge in [0.15, 0.2) is 5.58 Å². The number of methoxy groups -OCH3 is 1. The molecule has 5 heterocycles. The molecule has 2 aliphatic rings. The Balaban J connectivity index is 1.36. The lowest BCUT2D eigenvalue weighted by molar-refractivity contribution is 0.0786. The second kappa shape index (κ2) is 9.78. The Morgan fingerprint density at radius 1 is 1.13 bits per heavy atom. The number of amides is 1. The Hall–Kier alpha value is -4.45. The first-order chi connectivity index (χ1) is 18.6. The van der Waals surface area contributed by atoms with Crippen molar-refractivity contribution < 1.29 is 18.3 Å². The molecule has 9 heteroatoms. The molecule has 1 aromatic carbocycles. The molecule has 0 saturated carbocycles. The molecular formula is C29H26FN5O3. The molecule has 2 saturated heterocycles. The number of nitriles is 1. The fourth-order valence-corrected chi connectivity index (χ4v) is 5.29. The Labute approximate surface area is 219 Å². The molecule has 38 heavy (non-hydrogen) atoms. The maximum atomic E-state index is 13.8. The summed E-state index contributed by atoms with van der Waals surface area (Å²) in [6.45, 7) is 2.37. The molecule has 2 fully saturated rings. The van der Waals surface area contributed by atoms with Crippen LogP contribution in [0.25, 0.3) is 33.6 Å². The van der Waals surface area contributed by atoms with Gasteiger partial charge in [0.1, 0.15) is 35.0 Å². The summed E-state index contributed by atoms with van der Waals surface area (Å²) in [6, 6.07) is 13.1. The van der Waals surface area contributed by atoms with Crippen molar-refractivity contribution in [3.8, 4) is 34.3 Å². The van der Waals surface area contributed by atoms with Crippen molar-refractivity contribution >= 4 is 22.7 Å². The van der Waals surface area contributed by atoms with E-state index in [1.165, 1.54) is 0 Å². The van der Waals surface area contributed by atoms with Gasteiger partial charge in [0.2, 0.25) is 0 Å². The number of aromatic nitrogens is 2. The molecule has 1 amide bonds. The van der Waals surface area contributed by atoms with Crippen molar-refractivity contribution in [2.24, 2.45) is 0 Å². The summed E-state index contributed by atoms with van der Waals surface area (Å²) in [6.07, 6.45) is 4.89. The van der Waals surface area contributed by atoms with Gasteiger partial charge < -0.3 is 19.0 Å². The van der Waals surface area contributed by atoms with Crippen LogP contribution in [-0.2, 0) is 0 Å². The molecule has 0 aliphatic carbocycles. The molecule has 1 unspecified atom stereocenters. The van der Waals surface area contributed by atoms with E-state index < -0.39 is 6.17 Å². The van der Waals surface area contributed by atoms with E-state index in [1.54, 1.807) is 36.5 Å². The monoisotopic (exact) mass is 511 g/mol. The van der Waals surface area contributed by atoms with Crippen LogP contribution in [0.1, 0.15) is 35.3 Å². The second-order valence-corrected chi connectivity index (χ2v) is 9.63. The highest BCUT2D eigenvalue weighted by atomic mass is 19.1. The number of likely N-dealkylation sites (tertiary alicyclic amines) is 1. The standard InChI is InChI=1S/C29H26FN5O3/c1-37-26-14-24(29(36)34-9-2-3-10-34)33-16-22(26)27-13-23-28(38-27)21(6-8-32-23)18-4-5-25(19(12-18)15-31)35-11-7-20(30)17-35/h4-6,8,12-14,16,20H,2-3,7,9-11,17H2,1H3. The lowest BCUT2D eigenvalue weighted by Gasteiger charge is -2.19. The number of anilines is 1. The zero-order chi connectivity index (χ0) is 26.2. The first-order valence-corrected chi connectivity index (χ1v) is 12.7. The number of nitrogens with zero attached hydrogens (tertiary/aromatic N) is 5. The molecule has 0 N–H and O–H groups in total. The predicted octanol–water partition coefficient (Wildman–Crippen LogP) is 5.22. The lowest BCUT2D eigenvalue weighted by atomic mass is 10.0. The van der Waals surface area contributed by atoms with Crippen LogP contribution in [0.3, 0.4) is 0 Å². The molecule has 3 aromatic heterocycles. The number of furan rings is 1. The highest BCUT2D eigenvalue weighted by molar-refractivity contribution is 5.95. The number of alkyl halides is 1. The number of pyridine rings is 2. The van der Waals surface area contributed by atoms with Gasteiger partial charge in [-0.2, -0.15) is 5.26 Å². The summed E-state index contributed by atoms with van der Waals surface area (Å²) in [5.74, 6) is 0.886. The smallest absolute Gasteiger partial charge is 0.272 e. The van der Waals surface area contributed by atoms with Crippen LogP contribution in [0, 0.1) is 11.3 Å². The third-order valence-corrected chi connectivity index (χ3v) is 7.28. The van der Waals surface area contributed by atoms with Crippen molar-refractivity contribution in [3.05, 3.63) is 60.0 Å². The minimum atomic E-state index is -0.874. The van der Waals surface area contributed by atoms with E-state index in [0.717, 1.165) is 42.7 Å². The van der Waals surface area contributed by atoms with Gasteiger partial charge in [-0.1, -0.05) is 6.07 Å². The van der Waals surface area contributed by atoms with Crippen LogP contribution >= 0.6 is 0 Å². The average Bonchev–Trinajstić information content (AvgIpc) is 3.73. The molecule has 192 valence electrons. The Bertz CT molecular complexity index is 1570. The number of fused-ring (bicyclic) bond motifs is 1. The first-order valence-electron chi connectivity index (χ1n) is 12.7. The zero-order valence-corrected chi connectivity index (χ0v) is 21.0. The van der Waals surface area contributed by atoms with E-state index in [-0.39, 0.29) is 5.91 Å². The van der Waals surface area contributed by atoms with E-state index in [9.17, 15) is 14.4 Å². The van der Waals surface area contributed by atoms with Gasteiger partial charge >= 0.3 is 0 Å². The highest BCUT2D eigenvalue weighted by Crippen LogP contribution is 2.38. The fraction of sp³-hybridized carbons (Fsp3) is 0.310. The summed E-state index contributed by atoms with van der Waals surface area (Å²) >= 11 is 0. The maximum absolute atomic E-state index is 13.8. The molecule has 6 rings (SSSR count). The number of hydrogen-bond donors (Lipinski definition) is 0. The first kappa shape index (κ1) is 23.9. The van der Waals surface area contributed by atoms with Crippen molar-refractivity contribution in [2.75, 3.05) is 38.2 Å². The molecule has 4 aromatic rings. The molecule has 0 spiro atoms. The van der Waals surface area contributed by atoms with E-state index in [4.69, 9.17) is 9.15 Å². The van der Waals surface area contributed by atoms with Gasteiger partial charge in [0.25, 0.3) is 5.91 Å². The average molecular weight is 512 g/mol. The molecule has 0 radical (unpaired) electrons. The maximum Gasteiger partial charge on any atom is 0.272 e. The van der Waals surface area contributed by atoms with Gasteiger partial charge in [0, 0.05) is 56.3 Å². The zero-order valence-electron chi connectivity index (χ0n) is 21.0. The predicted molar refractivity (Wildman–Crippen MR) is 141 cm³/mol. The fourth-order valence-electron chi connectivity index (χ4n) is 5.29. The van der Waals surface area contributed by atoms with Gasteiger partial charge in [-0.05, 0) is 43.0 Å². The van der Waals surface area contributed by atoms with E-state index in [2.05, 4.69) is 16.0 Å². The Kier molecular flexibility index (Phi) is 6.16.